The number of benzene rings is 1. The molecule has 6 heteroatoms. The van der Waals surface area contributed by atoms with Crippen LogP contribution < -0.4 is 5.32 Å². The van der Waals surface area contributed by atoms with Crippen molar-refractivity contribution in [3.8, 4) is 0 Å². The third-order valence-corrected chi connectivity index (χ3v) is 4.16. The standard InChI is InChI=1S/C18H24N2O4/c1-13(2)16(17(22)20-10-6-9-15(20)11-21)19-18(23)24-12-14-7-4-3-5-8-14/h3-5,7-8,11,13,15-16H,6,9-10,12H2,1-2H3,(H,19,23)/t15-,16-/m0/s1. The second-order valence-electron chi connectivity index (χ2n) is 6.31. The highest BCUT2D eigenvalue weighted by Gasteiger charge is 2.35. The number of aldehydes is 1. The summed E-state index contributed by atoms with van der Waals surface area (Å²) in [5, 5.41) is 2.64. The molecule has 1 aliphatic rings. The number of hydrogen-bond donors (Lipinski definition) is 1. The van der Waals surface area contributed by atoms with Crippen molar-refractivity contribution in [1.82, 2.24) is 10.2 Å². The van der Waals surface area contributed by atoms with E-state index in [4.69, 9.17) is 4.74 Å². The molecule has 1 heterocycles. The molecule has 1 aromatic rings. The first-order chi connectivity index (χ1) is 11.5. The van der Waals surface area contributed by atoms with Crippen LogP contribution in [-0.2, 0) is 20.9 Å². The molecular weight excluding hydrogens is 308 g/mol. The fourth-order valence-electron chi connectivity index (χ4n) is 2.79. The van der Waals surface area contributed by atoms with Crippen LogP contribution >= 0.6 is 0 Å². The lowest BCUT2D eigenvalue weighted by molar-refractivity contribution is -0.137. The predicted molar refractivity (Wildman–Crippen MR) is 89.2 cm³/mol. The summed E-state index contributed by atoms with van der Waals surface area (Å²) in [5.41, 5.74) is 0.876. The van der Waals surface area contributed by atoms with Crippen LogP contribution in [0, 0.1) is 5.92 Å². The van der Waals surface area contributed by atoms with Gasteiger partial charge in [-0.05, 0) is 24.3 Å². The summed E-state index contributed by atoms with van der Waals surface area (Å²) >= 11 is 0. The minimum atomic E-state index is -0.700. The zero-order chi connectivity index (χ0) is 17.5. The van der Waals surface area contributed by atoms with E-state index in [9.17, 15) is 14.4 Å². The van der Waals surface area contributed by atoms with Gasteiger partial charge in [-0.2, -0.15) is 0 Å². The maximum atomic E-state index is 12.7. The summed E-state index contributed by atoms with van der Waals surface area (Å²) in [5.74, 6) is -0.328. The van der Waals surface area contributed by atoms with Gasteiger partial charge in [0.15, 0.2) is 0 Å². The summed E-state index contributed by atoms with van der Waals surface area (Å²) in [6, 6.07) is 8.24. The normalized spacial score (nSPS) is 18.3. The fraction of sp³-hybridized carbons (Fsp3) is 0.500. The van der Waals surface area contributed by atoms with Gasteiger partial charge in [-0.1, -0.05) is 44.2 Å². The van der Waals surface area contributed by atoms with Gasteiger partial charge in [-0.15, -0.1) is 0 Å². The van der Waals surface area contributed by atoms with Gasteiger partial charge in [0.1, 0.15) is 18.9 Å². The summed E-state index contributed by atoms with van der Waals surface area (Å²) in [4.78, 5) is 37.3. The van der Waals surface area contributed by atoms with E-state index in [-0.39, 0.29) is 24.5 Å². The Bertz CT molecular complexity index is 574. The Morgan fingerprint density at radius 1 is 1.33 bits per heavy atom. The molecule has 0 radical (unpaired) electrons. The lowest BCUT2D eigenvalue weighted by Crippen LogP contribution is -2.52. The first kappa shape index (κ1) is 18.0. The van der Waals surface area contributed by atoms with Crippen molar-refractivity contribution < 1.29 is 19.1 Å². The number of hydrogen-bond acceptors (Lipinski definition) is 4. The summed E-state index contributed by atoms with van der Waals surface area (Å²) in [6.07, 6.45) is 1.65. The minimum absolute atomic E-state index is 0.102. The predicted octanol–water partition coefficient (Wildman–Crippen LogP) is 2.13. The van der Waals surface area contributed by atoms with Crippen molar-refractivity contribution >= 4 is 18.3 Å². The van der Waals surface area contributed by atoms with Crippen LogP contribution in [0.1, 0.15) is 32.3 Å². The van der Waals surface area contributed by atoms with Crippen LogP contribution in [-0.4, -0.2) is 41.8 Å². The van der Waals surface area contributed by atoms with Gasteiger partial charge in [-0.3, -0.25) is 4.79 Å². The molecule has 0 aromatic heterocycles. The summed E-state index contributed by atoms with van der Waals surface area (Å²) in [7, 11) is 0. The third-order valence-electron chi connectivity index (χ3n) is 4.16. The zero-order valence-electron chi connectivity index (χ0n) is 14.1. The van der Waals surface area contributed by atoms with Crippen LogP contribution in [0.5, 0.6) is 0 Å². The molecule has 0 unspecified atom stereocenters. The number of nitrogens with one attached hydrogen (secondary N) is 1. The largest absolute Gasteiger partial charge is 0.445 e. The van der Waals surface area contributed by atoms with E-state index < -0.39 is 12.1 Å². The van der Waals surface area contributed by atoms with E-state index in [1.54, 1.807) is 4.90 Å². The number of nitrogens with zero attached hydrogens (tertiary/aromatic N) is 1. The van der Waals surface area contributed by atoms with Crippen LogP contribution in [0.15, 0.2) is 30.3 Å². The Balaban J connectivity index is 1.93. The van der Waals surface area contributed by atoms with E-state index in [0.717, 1.165) is 18.3 Å². The van der Waals surface area contributed by atoms with Gasteiger partial charge in [0.05, 0.1) is 6.04 Å². The van der Waals surface area contributed by atoms with Crippen LogP contribution in [0.3, 0.4) is 0 Å². The molecule has 0 saturated carbocycles. The fourth-order valence-corrected chi connectivity index (χ4v) is 2.79. The SMILES string of the molecule is CC(C)[C@H](NC(=O)OCc1ccccc1)C(=O)N1CCC[C@H]1C=O. The van der Waals surface area contributed by atoms with Gasteiger partial charge in [-0.25, -0.2) is 4.79 Å². The second kappa shape index (κ2) is 8.47. The molecule has 1 aromatic carbocycles. The Labute approximate surface area is 142 Å². The van der Waals surface area contributed by atoms with Gasteiger partial charge >= 0.3 is 6.09 Å². The maximum absolute atomic E-state index is 12.7. The van der Waals surface area contributed by atoms with Crippen molar-refractivity contribution in [2.45, 2.75) is 45.4 Å². The van der Waals surface area contributed by atoms with E-state index in [2.05, 4.69) is 5.32 Å². The highest BCUT2D eigenvalue weighted by Crippen LogP contribution is 2.18. The molecule has 0 spiro atoms. The number of rotatable bonds is 6. The van der Waals surface area contributed by atoms with Crippen LogP contribution in [0.4, 0.5) is 4.79 Å². The number of alkyl carbamates (subject to hydrolysis) is 1. The molecule has 0 bridgehead atoms. The molecule has 6 nitrogen and oxygen atoms in total. The quantitative estimate of drug-likeness (QED) is 0.810. The summed E-state index contributed by atoms with van der Waals surface area (Å²) < 4.78 is 5.18. The van der Waals surface area contributed by atoms with E-state index in [0.29, 0.717) is 13.0 Å². The number of carbonyl (C=O) groups excluding carboxylic acids is 3. The summed E-state index contributed by atoms with van der Waals surface area (Å²) in [6.45, 7) is 4.40. The first-order valence-corrected chi connectivity index (χ1v) is 8.26. The number of ether oxygens (including phenoxy) is 1. The molecule has 1 fully saturated rings. The lowest BCUT2D eigenvalue weighted by Gasteiger charge is -2.28. The molecule has 130 valence electrons. The zero-order valence-corrected chi connectivity index (χ0v) is 14.1. The monoisotopic (exact) mass is 332 g/mol. The highest BCUT2D eigenvalue weighted by molar-refractivity contribution is 5.88. The Kier molecular flexibility index (Phi) is 6.35. The topological polar surface area (TPSA) is 75.7 Å². The molecule has 1 aliphatic heterocycles. The van der Waals surface area contributed by atoms with Gasteiger partial charge in [0, 0.05) is 6.54 Å². The molecule has 2 rings (SSSR count). The smallest absolute Gasteiger partial charge is 0.408 e. The van der Waals surface area contributed by atoms with E-state index >= 15 is 0 Å². The highest BCUT2D eigenvalue weighted by atomic mass is 16.5. The minimum Gasteiger partial charge on any atom is -0.445 e. The molecule has 24 heavy (non-hydrogen) atoms. The van der Waals surface area contributed by atoms with Crippen molar-refractivity contribution in [3.05, 3.63) is 35.9 Å². The van der Waals surface area contributed by atoms with Crippen LogP contribution in [0.2, 0.25) is 0 Å². The number of likely N-dealkylation sites (tertiary alicyclic amines) is 1. The van der Waals surface area contributed by atoms with Crippen LogP contribution in [0.25, 0.3) is 0 Å². The van der Waals surface area contributed by atoms with Crippen molar-refractivity contribution in [2.75, 3.05) is 6.54 Å². The average molecular weight is 332 g/mol. The Morgan fingerprint density at radius 3 is 2.67 bits per heavy atom. The second-order valence-corrected chi connectivity index (χ2v) is 6.31. The van der Waals surface area contributed by atoms with E-state index in [1.807, 2.05) is 44.2 Å². The van der Waals surface area contributed by atoms with Gasteiger partial charge < -0.3 is 19.7 Å². The molecule has 0 aliphatic carbocycles. The average Bonchev–Trinajstić information content (AvgIpc) is 3.06. The number of carbonyl (C=O) groups is 3. The Hall–Kier alpha value is -2.37. The van der Waals surface area contributed by atoms with Crippen molar-refractivity contribution in [1.29, 1.82) is 0 Å². The molecule has 2 amide bonds. The van der Waals surface area contributed by atoms with Gasteiger partial charge in [0.25, 0.3) is 0 Å². The molecule has 1 saturated heterocycles. The maximum Gasteiger partial charge on any atom is 0.408 e. The van der Waals surface area contributed by atoms with Gasteiger partial charge in [0.2, 0.25) is 5.91 Å². The van der Waals surface area contributed by atoms with E-state index in [1.165, 1.54) is 0 Å². The van der Waals surface area contributed by atoms with Crippen molar-refractivity contribution in [3.63, 3.8) is 0 Å². The first-order valence-electron chi connectivity index (χ1n) is 8.26. The Morgan fingerprint density at radius 2 is 2.04 bits per heavy atom. The van der Waals surface area contributed by atoms with Crippen molar-refractivity contribution in [2.24, 2.45) is 5.92 Å². The molecular formula is C18H24N2O4. The third kappa shape index (κ3) is 4.57. The molecule has 1 N–H and O–H groups in total. The number of amides is 2. The molecule has 2 atom stereocenters. The lowest BCUT2D eigenvalue weighted by atomic mass is 10.0.